The Bertz CT molecular complexity index is 1020. The summed E-state index contributed by atoms with van der Waals surface area (Å²) in [5.74, 6) is -0.465. The molecule has 0 fully saturated rings. The van der Waals surface area contributed by atoms with Gasteiger partial charge in [0.05, 0.1) is 49.5 Å². The van der Waals surface area contributed by atoms with Gasteiger partial charge < -0.3 is 24.3 Å². The quantitative estimate of drug-likeness (QED) is 0.337. The van der Waals surface area contributed by atoms with Gasteiger partial charge in [-0.25, -0.2) is 4.98 Å². The number of benzene rings is 2. The normalized spacial score (nSPS) is 11.6. The standard InChI is InChI=1S/C26H31N3O4.K/c1-19(2)29(14-15-33-20(3)17-32-18-24(30)31)23-16-27-25(21-10-6-4-7-11-21)26(28-23)22-12-8-5-9-13-22;/h4-13,16,19-20H,14-15,17-18H2,1-3H3,(H,30,31);/q;+1/p-1. The minimum Gasteiger partial charge on any atom is -0.548 e. The number of carbonyl (C=O) groups is 1. The van der Waals surface area contributed by atoms with Gasteiger partial charge in [0.1, 0.15) is 5.82 Å². The molecule has 0 saturated heterocycles. The molecule has 174 valence electrons. The van der Waals surface area contributed by atoms with Gasteiger partial charge in [-0.15, -0.1) is 0 Å². The zero-order valence-corrected chi connectivity index (χ0v) is 23.4. The molecule has 0 aliphatic heterocycles. The summed E-state index contributed by atoms with van der Waals surface area (Å²) in [7, 11) is 0. The molecule has 3 rings (SSSR count). The van der Waals surface area contributed by atoms with Crippen LogP contribution in [0, 0.1) is 0 Å². The van der Waals surface area contributed by atoms with Crippen molar-refractivity contribution in [2.45, 2.75) is 32.9 Å². The summed E-state index contributed by atoms with van der Waals surface area (Å²) in [6.45, 7) is 6.85. The summed E-state index contributed by atoms with van der Waals surface area (Å²) in [6, 6.07) is 20.3. The van der Waals surface area contributed by atoms with Crippen LogP contribution in [0.25, 0.3) is 22.5 Å². The van der Waals surface area contributed by atoms with Gasteiger partial charge in [-0.3, -0.25) is 4.98 Å². The maximum Gasteiger partial charge on any atom is 1.00 e. The number of aliphatic carboxylic acids is 1. The van der Waals surface area contributed by atoms with E-state index in [4.69, 9.17) is 19.4 Å². The van der Waals surface area contributed by atoms with Crippen LogP contribution in [0.3, 0.4) is 0 Å². The van der Waals surface area contributed by atoms with Crippen molar-refractivity contribution in [3.63, 3.8) is 0 Å². The number of nitrogens with zero attached hydrogens (tertiary/aromatic N) is 3. The fraction of sp³-hybridized carbons (Fsp3) is 0.346. The van der Waals surface area contributed by atoms with Gasteiger partial charge in [0, 0.05) is 23.7 Å². The molecule has 0 amide bonds. The largest absolute Gasteiger partial charge is 1.00 e. The van der Waals surface area contributed by atoms with Crippen molar-refractivity contribution in [1.82, 2.24) is 9.97 Å². The van der Waals surface area contributed by atoms with E-state index in [9.17, 15) is 9.90 Å². The average Bonchev–Trinajstić information content (AvgIpc) is 2.82. The Kier molecular flexibility index (Phi) is 12.3. The Morgan fingerprint density at radius 3 is 2.12 bits per heavy atom. The van der Waals surface area contributed by atoms with E-state index >= 15 is 0 Å². The first-order valence-corrected chi connectivity index (χ1v) is 11.1. The first kappa shape index (κ1) is 28.6. The molecule has 34 heavy (non-hydrogen) atoms. The van der Waals surface area contributed by atoms with Crippen LogP contribution in [-0.4, -0.2) is 54.4 Å². The number of carbonyl (C=O) groups excluding carboxylic acids is 1. The molecule has 0 N–H and O–H groups in total. The zero-order chi connectivity index (χ0) is 23.6. The van der Waals surface area contributed by atoms with Gasteiger partial charge in [-0.2, -0.15) is 0 Å². The Morgan fingerprint density at radius 1 is 0.971 bits per heavy atom. The smallest absolute Gasteiger partial charge is 0.548 e. The summed E-state index contributed by atoms with van der Waals surface area (Å²) in [5.41, 5.74) is 3.68. The molecular formula is C26H30KN3O4. The molecule has 0 radical (unpaired) electrons. The second-order valence-electron chi connectivity index (χ2n) is 8.01. The Labute approximate surface area is 243 Å². The van der Waals surface area contributed by atoms with Crippen LogP contribution in [0.15, 0.2) is 66.9 Å². The molecule has 0 aliphatic carbocycles. The van der Waals surface area contributed by atoms with E-state index in [1.54, 1.807) is 6.20 Å². The van der Waals surface area contributed by atoms with Gasteiger partial charge in [0.15, 0.2) is 0 Å². The summed E-state index contributed by atoms with van der Waals surface area (Å²) in [6.07, 6.45) is 1.58. The number of aromatic nitrogens is 2. The summed E-state index contributed by atoms with van der Waals surface area (Å²) >= 11 is 0. The van der Waals surface area contributed by atoms with Crippen LogP contribution in [-0.2, 0) is 14.3 Å². The van der Waals surface area contributed by atoms with Crippen molar-refractivity contribution in [2.75, 3.05) is 31.3 Å². The van der Waals surface area contributed by atoms with Crippen molar-refractivity contribution in [3.05, 3.63) is 66.9 Å². The molecule has 0 spiro atoms. The third-order valence-corrected chi connectivity index (χ3v) is 5.08. The second-order valence-corrected chi connectivity index (χ2v) is 8.01. The van der Waals surface area contributed by atoms with E-state index in [1.165, 1.54) is 0 Å². The third kappa shape index (κ3) is 8.53. The summed E-state index contributed by atoms with van der Waals surface area (Å²) < 4.78 is 10.8. The molecule has 1 aromatic heterocycles. The fourth-order valence-corrected chi connectivity index (χ4v) is 3.47. The van der Waals surface area contributed by atoms with Crippen molar-refractivity contribution in [1.29, 1.82) is 0 Å². The van der Waals surface area contributed by atoms with Gasteiger partial charge in [-0.1, -0.05) is 60.7 Å². The molecule has 0 bridgehead atoms. The van der Waals surface area contributed by atoms with E-state index < -0.39 is 12.6 Å². The molecule has 2 aromatic carbocycles. The van der Waals surface area contributed by atoms with Crippen LogP contribution < -0.4 is 61.4 Å². The third-order valence-electron chi connectivity index (χ3n) is 5.08. The molecule has 1 heterocycles. The van der Waals surface area contributed by atoms with Crippen LogP contribution >= 0.6 is 0 Å². The van der Waals surface area contributed by atoms with Crippen molar-refractivity contribution in [2.24, 2.45) is 0 Å². The average molecular weight is 488 g/mol. The molecule has 0 aliphatic rings. The maximum absolute atomic E-state index is 10.5. The van der Waals surface area contributed by atoms with Crippen LogP contribution in [0.2, 0.25) is 0 Å². The summed E-state index contributed by atoms with van der Waals surface area (Å²) in [5, 5.41) is 10.5. The van der Waals surface area contributed by atoms with Crippen LogP contribution in [0.5, 0.6) is 0 Å². The number of carboxylic acid groups (broad SMARTS) is 1. The minimum atomic E-state index is -1.24. The van der Waals surface area contributed by atoms with E-state index in [-0.39, 0.29) is 70.1 Å². The van der Waals surface area contributed by atoms with E-state index in [1.807, 2.05) is 67.6 Å². The Balaban J connectivity index is 0.00000408. The number of anilines is 1. The molecule has 1 unspecified atom stereocenters. The molecule has 1 atom stereocenters. The summed E-state index contributed by atoms with van der Waals surface area (Å²) in [4.78, 5) is 22.4. The van der Waals surface area contributed by atoms with E-state index in [0.29, 0.717) is 13.2 Å². The van der Waals surface area contributed by atoms with Crippen LogP contribution in [0.1, 0.15) is 20.8 Å². The van der Waals surface area contributed by atoms with Gasteiger partial charge in [-0.05, 0) is 20.8 Å². The number of carboxylic acids is 1. The second kappa shape index (κ2) is 14.7. The predicted octanol–water partition coefficient (Wildman–Crippen LogP) is 0.201. The van der Waals surface area contributed by atoms with Gasteiger partial charge in [0.2, 0.25) is 0 Å². The molecule has 3 aromatic rings. The van der Waals surface area contributed by atoms with Crippen LogP contribution in [0.4, 0.5) is 5.82 Å². The molecule has 7 nitrogen and oxygen atoms in total. The Hall–Kier alpha value is -1.65. The number of ether oxygens (including phenoxy) is 2. The number of hydrogen-bond acceptors (Lipinski definition) is 7. The predicted molar refractivity (Wildman–Crippen MR) is 127 cm³/mol. The number of rotatable bonds is 12. The van der Waals surface area contributed by atoms with Crippen molar-refractivity contribution >= 4 is 11.8 Å². The van der Waals surface area contributed by atoms with Gasteiger partial charge >= 0.3 is 51.4 Å². The van der Waals surface area contributed by atoms with Gasteiger partial charge in [0.25, 0.3) is 0 Å². The maximum atomic E-state index is 10.5. The molecule has 8 heteroatoms. The van der Waals surface area contributed by atoms with E-state index in [0.717, 1.165) is 28.3 Å². The topological polar surface area (TPSA) is 87.6 Å². The van der Waals surface area contributed by atoms with Crippen molar-refractivity contribution < 1.29 is 70.8 Å². The Morgan fingerprint density at radius 2 is 1.56 bits per heavy atom. The first-order chi connectivity index (χ1) is 16.0. The SMILES string of the molecule is CC(COCC(=O)[O-])OCCN(c1cnc(-c2ccccc2)c(-c2ccccc2)n1)C(C)C.[K+]. The molecule has 0 saturated carbocycles. The minimum absolute atomic E-state index is 0. The number of hydrogen-bond donors (Lipinski definition) is 0. The van der Waals surface area contributed by atoms with Crippen molar-refractivity contribution in [3.8, 4) is 22.5 Å². The zero-order valence-electron chi connectivity index (χ0n) is 20.3. The monoisotopic (exact) mass is 487 g/mol. The molecular weight excluding hydrogens is 457 g/mol. The van der Waals surface area contributed by atoms with E-state index in [2.05, 4.69) is 18.7 Å². The first-order valence-electron chi connectivity index (χ1n) is 11.1. The fourth-order valence-electron chi connectivity index (χ4n) is 3.47.